The Kier molecular flexibility index (Phi) is 6.25. The minimum Gasteiger partial charge on any atom is -0.493 e. The second kappa shape index (κ2) is 9.23. The van der Waals surface area contributed by atoms with Crippen LogP contribution in [0, 0.1) is 0 Å². The van der Waals surface area contributed by atoms with Crippen LogP contribution in [0.2, 0.25) is 0 Å². The molecular formula is C22H27N2O6+. The molecule has 0 radical (unpaired) electrons. The molecule has 1 atom stereocenters. The summed E-state index contributed by atoms with van der Waals surface area (Å²) >= 11 is 0. The average molecular weight is 415 g/mol. The predicted molar refractivity (Wildman–Crippen MR) is 109 cm³/mol. The van der Waals surface area contributed by atoms with Crippen LogP contribution in [0.15, 0.2) is 36.4 Å². The molecule has 2 aliphatic rings. The molecule has 0 aromatic heterocycles. The summed E-state index contributed by atoms with van der Waals surface area (Å²) in [6.07, 6.45) is 0. The molecule has 0 spiro atoms. The van der Waals surface area contributed by atoms with Crippen LogP contribution in [-0.4, -0.2) is 59.8 Å². The first-order valence-corrected chi connectivity index (χ1v) is 10.0. The van der Waals surface area contributed by atoms with Gasteiger partial charge >= 0.3 is 0 Å². The molecule has 160 valence electrons. The molecule has 30 heavy (non-hydrogen) atoms. The van der Waals surface area contributed by atoms with Crippen LogP contribution in [0.1, 0.15) is 22.0 Å². The fourth-order valence-corrected chi connectivity index (χ4v) is 3.88. The van der Waals surface area contributed by atoms with E-state index in [4.69, 9.17) is 23.7 Å². The zero-order chi connectivity index (χ0) is 20.9. The third kappa shape index (κ3) is 4.29. The number of rotatable bonds is 7. The van der Waals surface area contributed by atoms with Gasteiger partial charge in [-0.1, -0.05) is 0 Å². The Labute approximate surface area is 175 Å². The molecule has 0 unspecified atom stereocenters. The van der Waals surface area contributed by atoms with Crippen molar-refractivity contribution in [1.29, 1.82) is 0 Å². The van der Waals surface area contributed by atoms with Gasteiger partial charge in [0.25, 0.3) is 5.91 Å². The molecule has 4 rings (SSSR count). The number of morpholine rings is 1. The Morgan fingerprint density at radius 3 is 2.57 bits per heavy atom. The van der Waals surface area contributed by atoms with Crippen molar-refractivity contribution >= 4 is 5.91 Å². The average Bonchev–Trinajstić information content (AvgIpc) is 3.27. The Morgan fingerprint density at radius 1 is 1.03 bits per heavy atom. The van der Waals surface area contributed by atoms with E-state index >= 15 is 0 Å². The van der Waals surface area contributed by atoms with E-state index in [1.807, 2.05) is 18.2 Å². The van der Waals surface area contributed by atoms with Crippen LogP contribution in [0.25, 0.3) is 0 Å². The van der Waals surface area contributed by atoms with Gasteiger partial charge in [-0.25, -0.2) is 0 Å². The van der Waals surface area contributed by atoms with Gasteiger partial charge in [-0.3, -0.25) is 4.79 Å². The Bertz CT molecular complexity index is 897. The summed E-state index contributed by atoms with van der Waals surface area (Å²) in [5.41, 5.74) is 1.62. The van der Waals surface area contributed by atoms with E-state index in [0.717, 1.165) is 30.2 Å². The van der Waals surface area contributed by atoms with Crippen molar-refractivity contribution in [3.63, 3.8) is 0 Å². The molecule has 2 aromatic carbocycles. The summed E-state index contributed by atoms with van der Waals surface area (Å²) in [4.78, 5) is 14.2. The molecule has 1 amide bonds. The molecule has 2 N–H and O–H groups in total. The number of methoxy groups -OCH3 is 2. The highest BCUT2D eigenvalue weighted by molar-refractivity contribution is 5.94. The van der Waals surface area contributed by atoms with Crippen LogP contribution in [0.5, 0.6) is 23.0 Å². The maximum Gasteiger partial charge on any atom is 0.251 e. The van der Waals surface area contributed by atoms with Crippen molar-refractivity contribution in [1.82, 2.24) is 5.32 Å². The highest BCUT2D eigenvalue weighted by atomic mass is 16.7. The van der Waals surface area contributed by atoms with Crippen molar-refractivity contribution in [3.05, 3.63) is 47.5 Å². The molecule has 1 fully saturated rings. The maximum absolute atomic E-state index is 12.8. The molecule has 2 aliphatic heterocycles. The normalized spacial score (nSPS) is 16.7. The molecular weight excluding hydrogens is 388 g/mol. The number of hydrogen-bond acceptors (Lipinski definition) is 6. The quantitative estimate of drug-likeness (QED) is 0.697. The monoisotopic (exact) mass is 415 g/mol. The summed E-state index contributed by atoms with van der Waals surface area (Å²) < 4.78 is 27.1. The van der Waals surface area contributed by atoms with Crippen LogP contribution in [0.3, 0.4) is 0 Å². The lowest BCUT2D eigenvalue weighted by atomic mass is 10.0. The number of fused-ring (bicyclic) bond motifs is 1. The molecule has 0 bridgehead atoms. The van der Waals surface area contributed by atoms with Gasteiger partial charge in [0.05, 0.1) is 34.0 Å². The minimum absolute atomic E-state index is 0.0764. The summed E-state index contributed by atoms with van der Waals surface area (Å²) in [5, 5.41) is 3.08. The number of nitrogens with one attached hydrogen (secondary N) is 2. The van der Waals surface area contributed by atoms with Crippen LogP contribution < -0.4 is 29.2 Å². The van der Waals surface area contributed by atoms with Gasteiger partial charge in [0.2, 0.25) is 6.79 Å². The van der Waals surface area contributed by atoms with Gasteiger partial charge in [0.15, 0.2) is 23.0 Å². The maximum atomic E-state index is 12.8. The van der Waals surface area contributed by atoms with Crippen molar-refractivity contribution < 1.29 is 33.4 Å². The van der Waals surface area contributed by atoms with Gasteiger partial charge < -0.3 is 33.9 Å². The summed E-state index contributed by atoms with van der Waals surface area (Å²) in [6, 6.07) is 11.2. The zero-order valence-electron chi connectivity index (χ0n) is 17.2. The van der Waals surface area contributed by atoms with E-state index in [9.17, 15) is 4.79 Å². The van der Waals surface area contributed by atoms with Gasteiger partial charge in [0.1, 0.15) is 19.1 Å². The molecule has 8 nitrogen and oxygen atoms in total. The lowest BCUT2D eigenvalue weighted by molar-refractivity contribution is -0.937. The van der Waals surface area contributed by atoms with Crippen LogP contribution >= 0.6 is 0 Å². The number of benzene rings is 2. The van der Waals surface area contributed by atoms with E-state index in [2.05, 4.69) is 5.32 Å². The molecule has 0 aliphatic carbocycles. The first kappa shape index (κ1) is 20.3. The molecule has 8 heteroatoms. The molecule has 1 saturated heterocycles. The van der Waals surface area contributed by atoms with Crippen molar-refractivity contribution in [2.75, 3.05) is 53.9 Å². The molecule has 0 saturated carbocycles. The van der Waals surface area contributed by atoms with Gasteiger partial charge in [-0.2, -0.15) is 0 Å². The summed E-state index contributed by atoms with van der Waals surface area (Å²) in [7, 11) is 3.12. The van der Waals surface area contributed by atoms with Gasteiger partial charge in [-0.05, 0) is 36.4 Å². The number of carbonyl (C=O) groups is 1. The zero-order valence-corrected chi connectivity index (χ0v) is 17.2. The third-order valence-electron chi connectivity index (χ3n) is 5.54. The SMILES string of the molecule is COc1ccc(C(=O)NC[C@@H](c2ccc3c(c2)OCO3)[NH+]2CCOCC2)cc1OC. The lowest BCUT2D eigenvalue weighted by Crippen LogP contribution is -3.15. The fraction of sp³-hybridized carbons (Fsp3) is 0.409. The number of quaternary nitrogens is 1. The molecule has 2 heterocycles. The summed E-state index contributed by atoms with van der Waals surface area (Å²) in [5.74, 6) is 2.45. The lowest BCUT2D eigenvalue weighted by Gasteiger charge is -2.32. The van der Waals surface area contributed by atoms with Crippen molar-refractivity contribution in [2.45, 2.75) is 6.04 Å². The Hall–Kier alpha value is -2.97. The Balaban J connectivity index is 1.51. The van der Waals surface area contributed by atoms with Crippen molar-refractivity contribution in [3.8, 4) is 23.0 Å². The molecule has 2 aromatic rings. The third-order valence-corrected chi connectivity index (χ3v) is 5.54. The first-order chi connectivity index (χ1) is 14.7. The second-order valence-corrected chi connectivity index (χ2v) is 7.22. The van der Waals surface area contributed by atoms with E-state index in [-0.39, 0.29) is 18.7 Å². The van der Waals surface area contributed by atoms with E-state index in [1.165, 1.54) is 4.90 Å². The smallest absolute Gasteiger partial charge is 0.251 e. The second-order valence-electron chi connectivity index (χ2n) is 7.22. The van der Waals surface area contributed by atoms with E-state index in [1.54, 1.807) is 32.4 Å². The van der Waals surface area contributed by atoms with Gasteiger partial charge in [-0.15, -0.1) is 0 Å². The largest absolute Gasteiger partial charge is 0.493 e. The number of ether oxygens (including phenoxy) is 5. The summed E-state index contributed by atoms with van der Waals surface area (Å²) in [6.45, 7) is 3.91. The van der Waals surface area contributed by atoms with Crippen molar-refractivity contribution in [2.24, 2.45) is 0 Å². The number of carbonyl (C=O) groups excluding carboxylic acids is 1. The predicted octanol–water partition coefficient (Wildman–Crippen LogP) is 0.819. The standard InChI is InChI=1S/C22H26N2O6/c1-26-18-5-4-16(12-20(18)27-2)22(25)23-13-17(24-7-9-28-10-8-24)15-3-6-19-21(11-15)30-14-29-19/h3-6,11-12,17H,7-10,13-14H2,1-2H3,(H,23,25)/p+1/t17-/m0/s1. The highest BCUT2D eigenvalue weighted by Crippen LogP contribution is 2.34. The number of hydrogen-bond donors (Lipinski definition) is 2. The Morgan fingerprint density at radius 2 is 1.80 bits per heavy atom. The van der Waals surface area contributed by atoms with Crippen LogP contribution in [-0.2, 0) is 4.74 Å². The van der Waals surface area contributed by atoms with Gasteiger partial charge in [0, 0.05) is 11.1 Å². The minimum atomic E-state index is -0.158. The van der Waals surface area contributed by atoms with E-state index < -0.39 is 0 Å². The first-order valence-electron chi connectivity index (χ1n) is 10.0. The van der Waals surface area contributed by atoms with Crippen LogP contribution in [0.4, 0.5) is 0 Å². The number of amides is 1. The highest BCUT2D eigenvalue weighted by Gasteiger charge is 2.29. The topological polar surface area (TPSA) is 79.7 Å². The van der Waals surface area contributed by atoms with E-state index in [0.29, 0.717) is 36.8 Å². The fourth-order valence-electron chi connectivity index (χ4n) is 3.88.